The topological polar surface area (TPSA) is 95.7 Å². The number of thiocarbonyl (C=S) groups is 1. The molecule has 1 saturated heterocycles. The molecule has 1 amide bonds. The summed E-state index contributed by atoms with van der Waals surface area (Å²) in [4.78, 5) is 29.9. The number of carbonyl (C=O) groups is 2. The van der Waals surface area contributed by atoms with Crippen molar-refractivity contribution in [2.75, 3.05) is 0 Å². The van der Waals surface area contributed by atoms with E-state index in [1.165, 1.54) is 6.08 Å². The van der Waals surface area contributed by atoms with Gasteiger partial charge >= 0.3 is 5.97 Å². The van der Waals surface area contributed by atoms with Crippen molar-refractivity contribution in [1.29, 1.82) is 0 Å². The quantitative estimate of drug-likeness (QED) is 0.302. The van der Waals surface area contributed by atoms with E-state index in [1.807, 2.05) is 6.07 Å². The minimum Gasteiger partial charge on any atom is -0.480 e. The fraction of sp³-hybridized carbons (Fsp3) is 0.0909. The Hall–Kier alpha value is -3.20. The predicted molar refractivity (Wildman–Crippen MR) is 124 cm³/mol. The lowest BCUT2D eigenvalue weighted by molar-refractivity contribution is -0.145. The predicted octanol–water partition coefficient (Wildman–Crippen LogP) is 4.40. The number of hydrogen-bond donors (Lipinski definition) is 2. The Morgan fingerprint density at radius 1 is 1.19 bits per heavy atom. The van der Waals surface area contributed by atoms with Crippen LogP contribution in [0.5, 0.6) is 0 Å². The second kappa shape index (κ2) is 9.12. The largest absolute Gasteiger partial charge is 0.480 e. The van der Waals surface area contributed by atoms with Crippen molar-refractivity contribution < 1.29 is 19.1 Å². The minimum absolute atomic E-state index is 0.0151. The monoisotopic (exact) mass is 487 g/mol. The van der Waals surface area contributed by atoms with Crippen LogP contribution in [0.15, 0.2) is 64.7 Å². The summed E-state index contributed by atoms with van der Waals surface area (Å²) >= 11 is 17.2. The molecule has 1 fully saturated rings. The van der Waals surface area contributed by atoms with Crippen LogP contribution in [-0.2, 0) is 16.0 Å². The first-order chi connectivity index (χ1) is 15.3. The molecule has 32 heavy (non-hydrogen) atoms. The fourth-order valence-electron chi connectivity index (χ4n) is 3.27. The summed E-state index contributed by atoms with van der Waals surface area (Å²) in [5.74, 6) is -0.926. The van der Waals surface area contributed by atoms with Crippen LogP contribution >= 0.6 is 35.4 Å². The number of carboxylic acids is 1. The Labute approximate surface area is 198 Å². The zero-order valence-corrected chi connectivity index (χ0v) is 18.6. The summed E-state index contributed by atoms with van der Waals surface area (Å²) in [5, 5.41) is 13.0. The lowest BCUT2D eigenvalue weighted by Crippen LogP contribution is -2.46. The Bertz CT molecular complexity index is 1240. The average Bonchev–Trinajstić information content (AvgIpc) is 3.31. The lowest BCUT2D eigenvalue weighted by Gasteiger charge is -2.22. The molecule has 3 heterocycles. The van der Waals surface area contributed by atoms with Crippen LogP contribution < -0.4 is 5.32 Å². The van der Waals surface area contributed by atoms with Gasteiger partial charge in [-0.25, -0.2) is 9.78 Å². The Morgan fingerprint density at radius 2 is 1.94 bits per heavy atom. The van der Waals surface area contributed by atoms with Gasteiger partial charge in [0.1, 0.15) is 33.6 Å². The molecule has 162 valence electrons. The van der Waals surface area contributed by atoms with Crippen LogP contribution in [0, 0.1) is 0 Å². The van der Waals surface area contributed by atoms with E-state index >= 15 is 0 Å². The average molecular weight is 488 g/mol. The Kier molecular flexibility index (Phi) is 6.27. The van der Waals surface area contributed by atoms with Crippen LogP contribution in [-0.4, -0.2) is 38.0 Å². The number of carbonyl (C=O) groups excluding carboxylic acids is 1. The summed E-state index contributed by atoms with van der Waals surface area (Å²) in [6.45, 7) is 0. The van der Waals surface area contributed by atoms with Gasteiger partial charge in [0, 0.05) is 12.5 Å². The lowest BCUT2D eigenvalue weighted by atomic mass is 10.0. The molecule has 1 aliphatic heterocycles. The summed E-state index contributed by atoms with van der Waals surface area (Å²) in [7, 11) is 0. The molecule has 1 atom stereocenters. The first-order valence-electron chi connectivity index (χ1n) is 9.38. The maximum Gasteiger partial charge on any atom is 0.327 e. The maximum absolute atomic E-state index is 13.0. The van der Waals surface area contributed by atoms with Crippen LogP contribution in [0.25, 0.3) is 17.4 Å². The number of aliphatic carboxylic acids is 1. The highest BCUT2D eigenvalue weighted by atomic mass is 35.5. The van der Waals surface area contributed by atoms with Crippen molar-refractivity contribution >= 4 is 58.5 Å². The number of carboxylic acid groups (broad SMARTS) is 1. The third-order valence-electron chi connectivity index (χ3n) is 4.77. The van der Waals surface area contributed by atoms with Crippen molar-refractivity contribution in [1.82, 2.24) is 15.2 Å². The number of pyridine rings is 1. The first-order valence-corrected chi connectivity index (χ1v) is 10.5. The highest BCUT2D eigenvalue weighted by Gasteiger charge is 2.39. The Morgan fingerprint density at radius 3 is 2.62 bits per heavy atom. The normalized spacial score (nSPS) is 15.8. The minimum atomic E-state index is -1.15. The third-order valence-corrected chi connectivity index (χ3v) is 5.57. The molecule has 2 aromatic heterocycles. The number of hydrogen-bond acceptors (Lipinski definition) is 5. The number of rotatable bonds is 6. The molecule has 2 N–H and O–H groups in total. The van der Waals surface area contributed by atoms with Gasteiger partial charge in [-0.15, -0.1) is 0 Å². The van der Waals surface area contributed by atoms with Gasteiger partial charge in [-0.1, -0.05) is 53.5 Å². The van der Waals surface area contributed by atoms with Crippen LogP contribution in [0.1, 0.15) is 11.3 Å². The van der Waals surface area contributed by atoms with Crippen LogP contribution in [0.3, 0.4) is 0 Å². The van der Waals surface area contributed by atoms with Crippen LogP contribution in [0.4, 0.5) is 0 Å². The standard InChI is InChI=1S/C22H15Cl2N3O4S/c23-18-9-7-14(19(24)26-18)17-8-6-13(31-17)11-15-20(28)27(22(32)25-15)16(21(29)30)10-12-4-2-1-3-5-12/h1-9,11,16H,10H2,(H,25,32)(H,29,30)/b15-11+. The van der Waals surface area contributed by atoms with Gasteiger partial charge in [0.15, 0.2) is 5.11 Å². The first kappa shape index (κ1) is 22.0. The molecule has 1 unspecified atom stereocenters. The van der Waals surface area contributed by atoms with Gasteiger partial charge in [-0.3, -0.25) is 9.69 Å². The number of nitrogens with one attached hydrogen (secondary N) is 1. The van der Waals surface area contributed by atoms with E-state index in [4.69, 9.17) is 39.8 Å². The molecule has 3 aromatic rings. The summed E-state index contributed by atoms with van der Waals surface area (Å²) < 4.78 is 5.76. The summed E-state index contributed by atoms with van der Waals surface area (Å²) in [5.41, 5.74) is 1.42. The zero-order valence-electron chi connectivity index (χ0n) is 16.3. The number of amides is 1. The van der Waals surface area contributed by atoms with E-state index in [1.54, 1.807) is 48.5 Å². The van der Waals surface area contributed by atoms with Crippen molar-refractivity contribution in [3.8, 4) is 11.3 Å². The molecule has 10 heteroatoms. The third kappa shape index (κ3) is 4.52. The smallest absolute Gasteiger partial charge is 0.327 e. The zero-order chi connectivity index (χ0) is 22.8. The van der Waals surface area contributed by atoms with Gasteiger partial charge in [-0.2, -0.15) is 0 Å². The number of furan rings is 1. The molecule has 0 bridgehead atoms. The molecule has 7 nitrogen and oxygen atoms in total. The van der Waals surface area contributed by atoms with Crippen molar-refractivity contribution in [2.24, 2.45) is 0 Å². The summed E-state index contributed by atoms with van der Waals surface area (Å²) in [6.07, 6.45) is 1.57. The molecule has 1 aliphatic rings. The van der Waals surface area contributed by atoms with Gasteiger partial charge in [0.25, 0.3) is 5.91 Å². The van der Waals surface area contributed by atoms with Gasteiger partial charge < -0.3 is 14.8 Å². The van der Waals surface area contributed by atoms with Crippen molar-refractivity contribution in [3.05, 3.63) is 81.9 Å². The SMILES string of the molecule is O=C(O)C(Cc1ccccc1)N1C(=O)/C(=C\c2ccc(-c3ccc(Cl)nc3Cl)o2)NC1=S. The fourth-order valence-corrected chi connectivity index (χ4v) is 4.03. The molecule has 1 aromatic carbocycles. The second-order valence-corrected chi connectivity index (χ2v) is 8.01. The number of nitrogens with zero attached hydrogens (tertiary/aromatic N) is 2. The molecule has 0 spiro atoms. The molecular weight excluding hydrogens is 473 g/mol. The maximum atomic E-state index is 13.0. The Balaban J connectivity index is 1.58. The van der Waals surface area contributed by atoms with Gasteiger partial charge in [0.05, 0.1) is 5.56 Å². The molecule has 0 aliphatic carbocycles. The summed E-state index contributed by atoms with van der Waals surface area (Å²) in [6, 6.07) is 14.5. The van der Waals surface area contributed by atoms with E-state index in [9.17, 15) is 14.7 Å². The molecular formula is C22H15Cl2N3O4S. The number of halogens is 2. The molecule has 0 radical (unpaired) electrons. The van der Waals surface area contributed by atoms with Gasteiger partial charge in [-0.05, 0) is 42.0 Å². The van der Waals surface area contributed by atoms with E-state index in [2.05, 4.69) is 10.3 Å². The molecule has 4 rings (SSSR count). The van der Waals surface area contributed by atoms with E-state index < -0.39 is 17.9 Å². The number of aromatic nitrogens is 1. The van der Waals surface area contributed by atoms with Crippen molar-refractivity contribution in [3.63, 3.8) is 0 Å². The van der Waals surface area contributed by atoms with E-state index in [0.29, 0.717) is 17.1 Å². The molecule has 0 saturated carbocycles. The van der Waals surface area contributed by atoms with Crippen molar-refractivity contribution in [2.45, 2.75) is 12.5 Å². The number of benzene rings is 1. The van der Waals surface area contributed by atoms with Gasteiger partial charge in [0.2, 0.25) is 0 Å². The van der Waals surface area contributed by atoms with Crippen LogP contribution in [0.2, 0.25) is 10.3 Å². The highest BCUT2D eigenvalue weighted by Crippen LogP contribution is 2.30. The second-order valence-electron chi connectivity index (χ2n) is 6.88. The van der Waals surface area contributed by atoms with E-state index in [0.717, 1.165) is 10.5 Å². The highest BCUT2D eigenvalue weighted by molar-refractivity contribution is 7.80. The van der Waals surface area contributed by atoms with E-state index in [-0.39, 0.29) is 27.5 Å².